The second kappa shape index (κ2) is 6.94. The van der Waals surface area contributed by atoms with Crippen molar-refractivity contribution in [3.8, 4) is 6.07 Å². The van der Waals surface area contributed by atoms with Crippen molar-refractivity contribution in [2.45, 2.75) is 51.5 Å². The summed E-state index contributed by atoms with van der Waals surface area (Å²) in [4.78, 5) is 0. The van der Waals surface area contributed by atoms with Gasteiger partial charge in [0, 0.05) is 19.1 Å². The molecule has 0 aliphatic carbocycles. The highest BCUT2D eigenvalue weighted by atomic mass is 32.2. The van der Waals surface area contributed by atoms with Gasteiger partial charge in [-0.05, 0) is 19.3 Å². The van der Waals surface area contributed by atoms with E-state index in [2.05, 4.69) is 4.72 Å². The Balaban J connectivity index is 2.62. The summed E-state index contributed by atoms with van der Waals surface area (Å²) >= 11 is 0. The highest BCUT2D eigenvalue weighted by molar-refractivity contribution is 7.87. The van der Waals surface area contributed by atoms with Crippen LogP contribution in [0.25, 0.3) is 0 Å². The standard InChI is InChI=1S/C11H21N3O2S/c1-2-11(7-8-12)13-17(15,16)14-9-5-3-4-6-10-14/h11,13H,2-7,9-10H2,1H3. The van der Waals surface area contributed by atoms with Gasteiger partial charge in [0.2, 0.25) is 0 Å². The van der Waals surface area contributed by atoms with Gasteiger partial charge in [0.1, 0.15) is 0 Å². The predicted octanol–water partition coefficient (Wildman–Crippen LogP) is 1.39. The average molecular weight is 259 g/mol. The Morgan fingerprint density at radius 1 is 1.29 bits per heavy atom. The van der Waals surface area contributed by atoms with Crippen LogP contribution in [0.1, 0.15) is 45.4 Å². The Morgan fingerprint density at radius 3 is 2.35 bits per heavy atom. The van der Waals surface area contributed by atoms with Gasteiger partial charge in [-0.3, -0.25) is 0 Å². The van der Waals surface area contributed by atoms with E-state index in [1.54, 1.807) is 0 Å². The van der Waals surface area contributed by atoms with Gasteiger partial charge in [0.25, 0.3) is 10.2 Å². The van der Waals surface area contributed by atoms with Crippen molar-refractivity contribution in [2.24, 2.45) is 0 Å². The SMILES string of the molecule is CCC(CC#N)NS(=O)(=O)N1CCCCCC1. The number of nitrogens with zero attached hydrogens (tertiary/aromatic N) is 2. The summed E-state index contributed by atoms with van der Waals surface area (Å²) in [5.41, 5.74) is 0. The number of hydrogen-bond donors (Lipinski definition) is 1. The first-order valence-corrected chi connectivity index (χ1v) is 7.68. The maximum absolute atomic E-state index is 12.1. The van der Waals surface area contributed by atoms with Crippen molar-refractivity contribution in [1.82, 2.24) is 9.03 Å². The fourth-order valence-corrected chi connectivity index (χ4v) is 3.51. The first kappa shape index (κ1) is 14.4. The molecule has 0 aromatic heterocycles. The van der Waals surface area contributed by atoms with Crippen molar-refractivity contribution >= 4 is 10.2 Å². The van der Waals surface area contributed by atoms with Gasteiger partial charge in [0.05, 0.1) is 12.5 Å². The summed E-state index contributed by atoms with van der Waals surface area (Å²) < 4.78 is 28.3. The molecule has 1 unspecified atom stereocenters. The Hall–Kier alpha value is -0.640. The minimum absolute atomic E-state index is 0.226. The van der Waals surface area contributed by atoms with Crippen molar-refractivity contribution in [1.29, 1.82) is 5.26 Å². The molecule has 1 aliphatic rings. The molecule has 1 aliphatic heterocycles. The molecule has 0 spiro atoms. The van der Waals surface area contributed by atoms with E-state index >= 15 is 0 Å². The zero-order valence-corrected chi connectivity index (χ0v) is 11.2. The van der Waals surface area contributed by atoms with E-state index in [1.807, 2.05) is 13.0 Å². The Kier molecular flexibility index (Phi) is 5.89. The number of nitriles is 1. The smallest absolute Gasteiger partial charge is 0.198 e. The molecule has 1 atom stereocenters. The van der Waals surface area contributed by atoms with Crippen molar-refractivity contribution in [2.75, 3.05) is 13.1 Å². The third kappa shape index (κ3) is 4.62. The van der Waals surface area contributed by atoms with Crippen LogP contribution >= 0.6 is 0 Å². The maximum atomic E-state index is 12.1. The largest absolute Gasteiger partial charge is 0.279 e. The van der Waals surface area contributed by atoms with Crippen LogP contribution in [0.3, 0.4) is 0 Å². The predicted molar refractivity (Wildman–Crippen MR) is 66.4 cm³/mol. The van der Waals surface area contributed by atoms with E-state index in [9.17, 15) is 8.42 Å². The lowest BCUT2D eigenvalue weighted by molar-refractivity contribution is 0.405. The minimum atomic E-state index is -3.41. The molecule has 0 radical (unpaired) electrons. The molecule has 17 heavy (non-hydrogen) atoms. The number of hydrogen-bond acceptors (Lipinski definition) is 3. The van der Waals surface area contributed by atoms with Gasteiger partial charge < -0.3 is 0 Å². The van der Waals surface area contributed by atoms with Gasteiger partial charge in [0.15, 0.2) is 0 Å². The summed E-state index contributed by atoms with van der Waals surface area (Å²) in [5.74, 6) is 0. The fraction of sp³-hybridized carbons (Fsp3) is 0.909. The lowest BCUT2D eigenvalue weighted by Gasteiger charge is -2.23. The molecule has 0 amide bonds. The van der Waals surface area contributed by atoms with E-state index < -0.39 is 10.2 Å². The van der Waals surface area contributed by atoms with Crippen LogP contribution in [-0.4, -0.2) is 31.9 Å². The molecule has 6 heteroatoms. The summed E-state index contributed by atoms with van der Waals surface area (Å²) in [7, 11) is -3.41. The monoisotopic (exact) mass is 259 g/mol. The Labute approximate surface area is 104 Å². The highest BCUT2D eigenvalue weighted by Gasteiger charge is 2.25. The summed E-state index contributed by atoms with van der Waals surface area (Å²) in [6.45, 7) is 3.07. The van der Waals surface area contributed by atoms with Gasteiger partial charge >= 0.3 is 0 Å². The molecule has 1 rings (SSSR count). The lowest BCUT2D eigenvalue weighted by Crippen LogP contribution is -2.45. The normalized spacial score (nSPS) is 20.5. The second-order valence-corrected chi connectivity index (χ2v) is 6.11. The van der Waals surface area contributed by atoms with E-state index in [0.717, 1.165) is 25.7 Å². The van der Waals surface area contributed by atoms with Crippen LogP contribution in [0, 0.1) is 11.3 Å². The van der Waals surface area contributed by atoms with Crippen LogP contribution in [-0.2, 0) is 10.2 Å². The molecular weight excluding hydrogens is 238 g/mol. The van der Waals surface area contributed by atoms with E-state index in [4.69, 9.17) is 5.26 Å². The maximum Gasteiger partial charge on any atom is 0.279 e. The van der Waals surface area contributed by atoms with Crippen LogP contribution in [0.4, 0.5) is 0 Å². The first-order chi connectivity index (χ1) is 8.10. The van der Waals surface area contributed by atoms with Gasteiger partial charge in [-0.25, -0.2) is 0 Å². The highest BCUT2D eigenvalue weighted by Crippen LogP contribution is 2.13. The fourth-order valence-electron chi connectivity index (χ4n) is 1.95. The van der Waals surface area contributed by atoms with Crippen LogP contribution < -0.4 is 4.72 Å². The van der Waals surface area contributed by atoms with Crippen LogP contribution in [0.15, 0.2) is 0 Å². The van der Waals surface area contributed by atoms with E-state index in [0.29, 0.717) is 19.5 Å². The van der Waals surface area contributed by atoms with Gasteiger partial charge in [-0.15, -0.1) is 0 Å². The van der Waals surface area contributed by atoms with Gasteiger partial charge in [-0.2, -0.15) is 22.7 Å². The van der Waals surface area contributed by atoms with E-state index in [1.165, 1.54) is 4.31 Å². The van der Waals surface area contributed by atoms with Crippen molar-refractivity contribution in [3.05, 3.63) is 0 Å². The van der Waals surface area contributed by atoms with Crippen molar-refractivity contribution < 1.29 is 8.42 Å². The lowest BCUT2D eigenvalue weighted by atomic mass is 10.2. The zero-order valence-electron chi connectivity index (χ0n) is 10.4. The molecule has 0 bridgehead atoms. The second-order valence-electron chi connectivity index (χ2n) is 4.40. The third-order valence-electron chi connectivity index (χ3n) is 3.05. The molecule has 0 aromatic rings. The molecule has 1 heterocycles. The van der Waals surface area contributed by atoms with Crippen molar-refractivity contribution in [3.63, 3.8) is 0 Å². The number of rotatable bonds is 5. The molecule has 0 aromatic carbocycles. The number of nitrogens with one attached hydrogen (secondary N) is 1. The summed E-state index contributed by atoms with van der Waals surface area (Å²) in [5, 5.41) is 8.62. The summed E-state index contributed by atoms with van der Waals surface area (Å²) in [6, 6.07) is 1.74. The molecule has 1 N–H and O–H groups in total. The van der Waals surface area contributed by atoms with Crippen LogP contribution in [0.5, 0.6) is 0 Å². The quantitative estimate of drug-likeness (QED) is 0.811. The zero-order chi connectivity index (χ0) is 12.7. The van der Waals surface area contributed by atoms with Gasteiger partial charge in [-0.1, -0.05) is 19.8 Å². The third-order valence-corrected chi connectivity index (χ3v) is 4.73. The summed E-state index contributed by atoms with van der Waals surface area (Å²) in [6.07, 6.45) is 4.92. The van der Waals surface area contributed by atoms with E-state index in [-0.39, 0.29) is 12.5 Å². The molecular formula is C11H21N3O2S. The van der Waals surface area contributed by atoms with Crippen LogP contribution in [0.2, 0.25) is 0 Å². The minimum Gasteiger partial charge on any atom is -0.198 e. The average Bonchev–Trinajstić information content (AvgIpc) is 2.57. The molecule has 5 nitrogen and oxygen atoms in total. The Bertz CT molecular complexity index is 353. The Morgan fingerprint density at radius 2 is 1.88 bits per heavy atom. The molecule has 98 valence electrons. The molecule has 1 saturated heterocycles. The first-order valence-electron chi connectivity index (χ1n) is 6.24. The molecule has 0 saturated carbocycles. The molecule has 1 fully saturated rings. The topological polar surface area (TPSA) is 73.2 Å².